The Morgan fingerprint density at radius 3 is 2.04 bits per heavy atom. The molecule has 26 heavy (non-hydrogen) atoms. The number of carbonyl (C=O) groups is 5. The Labute approximate surface area is 149 Å². The molecule has 0 bridgehead atoms. The van der Waals surface area contributed by atoms with E-state index in [1.54, 1.807) is 13.8 Å². The lowest BCUT2D eigenvalue weighted by Gasteiger charge is -2.22. The molecule has 0 aromatic rings. The van der Waals surface area contributed by atoms with Crippen molar-refractivity contribution in [3.05, 3.63) is 0 Å². The van der Waals surface area contributed by atoms with Crippen molar-refractivity contribution in [3.8, 4) is 0 Å². The van der Waals surface area contributed by atoms with Gasteiger partial charge in [-0.05, 0) is 5.92 Å². The highest BCUT2D eigenvalue weighted by atomic mass is 16.4. The zero-order valence-corrected chi connectivity index (χ0v) is 14.5. The molecule has 9 N–H and O–H groups in total. The number of carboxylic acids is 1. The molecule has 0 spiro atoms. The van der Waals surface area contributed by atoms with E-state index in [1.165, 1.54) is 0 Å². The lowest BCUT2D eigenvalue weighted by Crippen LogP contribution is -2.55. The molecular formula is C14H25N5O7. The molecule has 0 saturated carbocycles. The maximum Gasteiger partial charge on any atom is 0.326 e. The first-order valence-electron chi connectivity index (χ1n) is 7.74. The fraction of sp³-hybridized carbons (Fsp3) is 0.643. The van der Waals surface area contributed by atoms with Gasteiger partial charge in [-0.25, -0.2) is 4.79 Å². The van der Waals surface area contributed by atoms with E-state index in [9.17, 15) is 24.0 Å². The fourth-order valence-electron chi connectivity index (χ4n) is 1.80. The molecule has 0 rings (SSSR count). The summed E-state index contributed by atoms with van der Waals surface area (Å²) in [5, 5.41) is 24.3. The molecule has 0 aliphatic rings. The number of carbonyl (C=O) groups excluding carboxylic acids is 4. The van der Waals surface area contributed by atoms with Crippen LogP contribution in [0.5, 0.6) is 0 Å². The molecule has 148 valence electrons. The minimum absolute atomic E-state index is 0.444. The van der Waals surface area contributed by atoms with Gasteiger partial charge in [0, 0.05) is 0 Å². The lowest BCUT2D eigenvalue weighted by atomic mass is 10.0. The van der Waals surface area contributed by atoms with Crippen LogP contribution in [0.25, 0.3) is 0 Å². The molecule has 0 aliphatic carbocycles. The van der Waals surface area contributed by atoms with E-state index in [0.29, 0.717) is 0 Å². The zero-order chi connectivity index (χ0) is 20.4. The standard InChI is InChI=1S/C14H25N5O7/c1-6(2)11(14(25)26)19-13(24)8(3-9(16)21)18-10(22)4-17-12(23)7(15)5-20/h6-8,11,20H,3-5,15H2,1-2H3,(H2,16,21)(H,17,23)(H,18,22)(H,19,24)(H,25,26). The van der Waals surface area contributed by atoms with Gasteiger partial charge in [0.05, 0.1) is 19.6 Å². The SMILES string of the molecule is CC(C)C(NC(=O)C(CC(N)=O)NC(=O)CNC(=O)C(N)CO)C(=O)O. The van der Waals surface area contributed by atoms with Crippen molar-refractivity contribution in [1.29, 1.82) is 0 Å². The zero-order valence-electron chi connectivity index (χ0n) is 14.5. The number of hydrogen-bond acceptors (Lipinski definition) is 7. The maximum absolute atomic E-state index is 12.2. The van der Waals surface area contributed by atoms with E-state index in [-0.39, 0.29) is 0 Å². The summed E-state index contributed by atoms with van der Waals surface area (Å²) in [5.74, 6) is -5.14. The summed E-state index contributed by atoms with van der Waals surface area (Å²) in [7, 11) is 0. The average molecular weight is 375 g/mol. The van der Waals surface area contributed by atoms with Crippen LogP contribution < -0.4 is 27.4 Å². The molecule has 3 atom stereocenters. The van der Waals surface area contributed by atoms with Gasteiger partial charge in [0.1, 0.15) is 18.1 Å². The van der Waals surface area contributed by atoms with E-state index in [1.807, 2.05) is 0 Å². The van der Waals surface area contributed by atoms with Crippen molar-refractivity contribution >= 4 is 29.6 Å². The minimum Gasteiger partial charge on any atom is -0.480 e. The van der Waals surface area contributed by atoms with E-state index < -0.39 is 73.2 Å². The predicted molar refractivity (Wildman–Crippen MR) is 88.2 cm³/mol. The van der Waals surface area contributed by atoms with Crippen LogP contribution in [0.15, 0.2) is 0 Å². The van der Waals surface area contributed by atoms with Gasteiger partial charge >= 0.3 is 5.97 Å². The molecule has 12 nitrogen and oxygen atoms in total. The summed E-state index contributed by atoms with van der Waals surface area (Å²) in [6.07, 6.45) is -0.563. The highest BCUT2D eigenvalue weighted by molar-refractivity contribution is 5.95. The molecule has 0 heterocycles. The molecule has 0 aromatic carbocycles. The third-order valence-corrected chi connectivity index (χ3v) is 3.24. The summed E-state index contributed by atoms with van der Waals surface area (Å²) >= 11 is 0. The third kappa shape index (κ3) is 8.39. The summed E-state index contributed by atoms with van der Waals surface area (Å²) in [6.45, 7) is 1.95. The number of hydrogen-bond donors (Lipinski definition) is 7. The van der Waals surface area contributed by atoms with Gasteiger partial charge in [-0.15, -0.1) is 0 Å². The van der Waals surface area contributed by atoms with Gasteiger partial charge in [0.15, 0.2) is 0 Å². The number of aliphatic hydroxyl groups excluding tert-OH is 1. The summed E-state index contributed by atoms with van der Waals surface area (Å²) < 4.78 is 0. The van der Waals surface area contributed by atoms with Crippen LogP contribution in [0.3, 0.4) is 0 Å². The number of carboxylic acid groups (broad SMARTS) is 1. The van der Waals surface area contributed by atoms with Gasteiger partial charge < -0.3 is 37.6 Å². The molecule has 0 saturated heterocycles. The van der Waals surface area contributed by atoms with Gasteiger partial charge in [-0.2, -0.15) is 0 Å². The normalized spacial score (nSPS) is 14.0. The molecule has 3 unspecified atom stereocenters. The topological polar surface area (TPSA) is 214 Å². The van der Waals surface area contributed by atoms with E-state index >= 15 is 0 Å². The molecule has 12 heteroatoms. The average Bonchev–Trinajstić information content (AvgIpc) is 2.54. The van der Waals surface area contributed by atoms with Crippen molar-refractivity contribution < 1.29 is 34.2 Å². The smallest absolute Gasteiger partial charge is 0.326 e. The van der Waals surface area contributed by atoms with Gasteiger partial charge in [0.25, 0.3) is 0 Å². The summed E-state index contributed by atoms with van der Waals surface area (Å²) in [4.78, 5) is 57.6. The van der Waals surface area contributed by atoms with E-state index in [4.69, 9.17) is 21.7 Å². The summed E-state index contributed by atoms with van der Waals surface area (Å²) in [6, 6.07) is -3.85. The first kappa shape index (κ1) is 23.3. The first-order valence-corrected chi connectivity index (χ1v) is 7.74. The highest BCUT2D eigenvalue weighted by Crippen LogP contribution is 2.03. The third-order valence-electron chi connectivity index (χ3n) is 3.24. The highest BCUT2D eigenvalue weighted by Gasteiger charge is 2.29. The minimum atomic E-state index is -1.41. The second-order valence-corrected chi connectivity index (χ2v) is 5.87. The number of amides is 4. The predicted octanol–water partition coefficient (Wildman–Crippen LogP) is -3.99. The Hall–Kier alpha value is -2.73. The molecular weight excluding hydrogens is 350 g/mol. The number of aliphatic carboxylic acids is 1. The van der Waals surface area contributed by atoms with Crippen LogP contribution in [-0.2, 0) is 24.0 Å². The molecule has 0 aliphatic heterocycles. The lowest BCUT2D eigenvalue weighted by molar-refractivity contribution is -0.143. The second-order valence-electron chi connectivity index (χ2n) is 5.87. The number of nitrogens with one attached hydrogen (secondary N) is 3. The van der Waals surface area contributed by atoms with Crippen molar-refractivity contribution in [1.82, 2.24) is 16.0 Å². The Balaban J connectivity index is 4.90. The van der Waals surface area contributed by atoms with Crippen LogP contribution >= 0.6 is 0 Å². The van der Waals surface area contributed by atoms with Crippen LogP contribution in [0.1, 0.15) is 20.3 Å². The van der Waals surface area contributed by atoms with Gasteiger partial charge in [-0.1, -0.05) is 13.8 Å². The van der Waals surface area contributed by atoms with Crippen molar-refractivity contribution in [2.75, 3.05) is 13.2 Å². The van der Waals surface area contributed by atoms with E-state index in [0.717, 1.165) is 0 Å². The number of aliphatic hydroxyl groups is 1. The maximum atomic E-state index is 12.2. The van der Waals surface area contributed by atoms with Crippen molar-refractivity contribution in [2.45, 2.75) is 38.4 Å². The monoisotopic (exact) mass is 375 g/mol. The van der Waals surface area contributed by atoms with Crippen molar-refractivity contribution in [3.63, 3.8) is 0 Å². The number of nitrogens with two attached hydrogens (primary N) is 2. The van der Waals surface area contributed by atoms with E-state index in [2.05, 4.69) is 16.0 Å². The van der Waals surface area contributed by atoms with Gasteiger partial charge in [0.2, 0.25) is 23.6 Å². The van der Waals surface area contributed by atoms with Crippen LogP contribution in [0.2, 0.25) is 0 Å². The summed E-state index contributed by atoms with van der Waals surface area (Å²) in [5.41, 5.74) is 10.3. The van der Waals surface area contributed by atoms with Crippen LogP contribution in [-0.4, -0.2) is 71.1 Å². The number of rotatable bonds is 11. The second kappa shape index (κ2) is 11.0. The Morgan fingerprint density at radius 2 is 1.62 bits per heavy atom. The van der Waals surface area contributed by atoms with Crippen LogP contribution in [0.4, 0.5) is 0 Å². The number of primary amides is 1. The Bertz CT molecular complexity index is 552. The van der Waals surface area contributed by atoms with Crippen LogP contribution in [0, 0.1) is 5.92 Å². The molecule has 4 amide bonds. The Morgan fingerprint density at radius 1 is 1.04 bits per heavy atom. The largest absolute Gasteiger partial charge is 0.480 e. The molecule has 0 radical (unpaired) electrons. The fourth-order valence-corrected chi connectivity index (χ4v) is 1.80. The van der Waals surface area contributed by atoms with Gasteiger partial charge in [-0.3, -0.25) is 19.2 Å². The quantitative estimate of drug-likeness (QED) is 0.188. The molecule has 0 fully saturated rings. The first-order chi connectivity index (χ1) is 12.0. The Kier molecular flexibility index (Phi) is 9.84. The molecule has 0 aromatic heterocycles. The van der Waals surface area contributed by atoms with Crippen molar-refractivity contribution in [2.24, 2.45) is 17.4 Å².